The van der Waals surface area contributed by atoms with Crippen LogP contribution in [0.4, 0.5) is 0 Å². The molecule has 122 valence electrons. The second-order valence-corrected chi connectivity index (χ2v) is 7.86. The maximum atomic E-state index is 9.81. The topological polar surface area (TPSA) is 39.3 Å². The van der Waals surface area contributed by atoms with E-state index >= 15 is 0 Å². The Kier molecular flexibility index (Phi) is 3.27. The smallest absolute Gasteiger partial charge is 0.0504 e. The van der Waals surface area contributed by atoms with Crippen molar-refractivity contribution in [1.29, 1.82) is 0 Å². The van der Waals surface area contributed by atoms with Gasteiger partial charge >= 0.3 is 0 Å². The lowest BCUT2D eigenvalue weighted by molar-refractivity contribution is -0.0141. The van der Waals surface area contributed by atoms with Crippen LogP contribution in [-0.2, 0) is 6.42 Å². The fraction of sp³-hybridized carbons (Fsp3) is 0.600. The van der Waals surface area contributed by atoms with E-state index in [9.17, 15) is 5.11 Å². The Balaban J connectivity index is 1.54. The summed E-state index contributed by atoms with van der Waals surface area (Å²) in [6.45, 7) is 2.82. The van der Waals surface area contributed by atoms with E-state index in [1.807, 2.05) is 0 Å². The van der Waals surface area contributed by atoms with Crippen molar-refractivity contribution in [2.24, 2.45) is 17.8 Å². The first-order valence-electron chi connectivity index (χ1n) is 9.29. The number of para-hydroxylation sites is 1. The monoisotopic (exact) mass is 310 g/mol. The van der Waals surface area contributed by atoms with Gasteiger partial charge in [0.05, 0.1) is 6.04 Å². The highest BCUT2D eigenvalue weighted by molar-refractivity contribution is 5.85. The molecule has 1 aromatic heterocycles. The van der Waals surface area contributed by atoms with Crippen molar-refractivity contribution < 1.29 is 5.11 Å². The van der Waals surface area contributed by atoms with Crippen LogP contribution in [0.15, 0.2) is 24.3 Å². The summed E-state index contributed by atoms with van der Waals surface area (Å²) < 4.78 is 0. The summed E-state index contributed by atoms with van der Waals surface area (Å²) in [5.41, 5.74) is 4.32. The van der Waals surface area contributed by atoms with Crippen LogP contribution in [0.3, 0.4) is 0 Å². The lowest BCUT2D eigenvalue weighted by Gasteiger charge is -2.50. The number of hydrogen-bond donors (Lipinski definition) is 2. The zero-order valence-corrected chi connectivity index (χ0v) is 13.7. The van der Waals surface area contributed by atoms with E-state index in [1.165, 1.54) is 61.8 Å². The lowest BCUT2D eigenvalue weighted by Crippen LogP contribution is -2.49. The number of fused-ring (bicyclic) bond motifs is 6. The number of H-pyrrole nitrogens is 1. The third-order valence-corrected chi connectivity index (χ3v) is 6.83. The van der Waals surface area contributed by atoms with Gasteiger partial charge in [-0.25, -0.2) is 0 Å². The molecule has 1 aliphatic carbocycles. The number of rotatable bonds is 1. The minimum absolute atomic E-state index is 0.382. The number of benzene rings is 1. The van der Waals surface area contributed by atoms with E-state index in [2.05, 4.69) is 34.1 Å². The van der Waals surface area contributed by atoms with Crippen molar-refractivity contribution in [2.45, 2.75) is 38.1 Å². The molecule has 1 saturated carbocycles. The van der Waals surface area contributed by atoms with E-state index in [-0.39, 0.29) is 0 Å². The molecule has 5 rings (SSSR count). The summed E-state index contributed by atoms with van der Waals surface area (Å²) in [7, 11) is 0. The predicted octanol–water partition coefficient (Wildman–Crippen LogP) is 3.50. The SMILES string of the molecule is OC[C@H]1CCC[C@H]2CN3CCc4c([nH]c5ccccc45)[C@H]3C[C@@H]12. The standard InChI is InChI=1S/C20H26N2O/c23-12-14-5-3-4-13-11-22-9-8-16-15-6-1-2-7-18(15)21-20(16)19(22)10-17(13)14/h1-2,6-7,13-14,17,19,21,23H,3-5,8-12H2/t13-,14+,17+,19+/m0/s1. The Morgan fingerprint density at radius 2 is 2.13 bits per heavy atom. The highest BCUT2D eigenvalue weighted by atomic mass is 16.3. The van der Waals surface area contributed by atoms with Crippen LogP contribution in [0.5, 0.6) is 0 Å². The molecule has 1 aromatic carbocycles. The van der Waals surface area contributed by atoms with Crippen molar-refractivity contribution in [2.75, 3.05) is 19.7 Å². The quantitative estimate of drug-likeness (QED) is 0.846. The molecule has 1 saturated heterocycles. The van der Waals surface area contributed by atoms with Gasteiger partial charge in [-0.05, 0) is 55.1 Å². The van der Waals surface area contributed by atoms with Gasteiger partial charge in [0, 0.05) is 36.3 Å². The molecule has 0 unspecified atom stereocenters. The summed E-state index contributed by atoms with van der Waals surface area (Å²) in [4.78, 5) is 6.46. The number of nitrogens with zero attached hydrogens (tertiary/aromatic N) is 1. The van der Waals surface area contributed by atoms with Gasteiger partial charge in [0.2, 0.25) is 0 Å². The van der Waals surface area contributed by atoms with Gasteiger partial charge in [0.25, 0.3) is 0 Å². The first kappa shape index (κ1) is 14.1. The lowest BCUT2D eigenvalue weighted by atomic mass is 9.66. The molecule has 0 radical (unpaired) electrons. The van der Waals surface area contributed by atoms with Crippen molar-refractivity contribution in [3.63, 3.8) is 0 Å². The van der Waals surface area contributed by atoms with Crippen LogP contribution in [0.2, 0.25) is 0 Å². The van der Waals surface area contributed by atoms with E-state index < -0.39 is 0 Å². The first-order chi connectivity index (χ1) is 11.3. The zero-order chi connectivity index (χ0) is 15.4. The van der Waals surface area contributed by atoms with Gasteiger partial charge in [-0.3, -0.25) is 4.90 Å². The highest BCUT2D eigenvalue weighted by Gasteiger charge is 2.43. The second-order valence-electron chi connectivity index (χ2n) is 7.86. The van der Waals surface area contributed by atoms with E-state index in [0.717, 1.165) is 5.92 Å². The van der Waals surface area contributed by atoms with Crippen LogP contribution < -0.4 is 0 Å². The molecule has 3 nitrogen and oxygen atoms in total. The van der Waals surface area contributed by atoms with Crippen LogP contribution >= 0.6 is 0 Å². The summed E-state index contributed by atoms with van der Waals surface area (Å²) in [6.07, 6.45) is 6.31. The molecular weight excluding hydrogens is 284 g/mol. The van der Waals surface area contributed by atoms with E-state index in [0.29, 0.717) is 24.5 Å². The Bertz CT molecular complexity index is 722. The van der Waals surface area contributed by atoms with Crippen molar-refractivity contribution in [1.82, 2.24) is 9.88 Å². The number of aliphatic hydroxyl groups excluding tert-OH is 1. The fourth-order valence-corrected chi connectivity index (χ4v) is 5.71. The van der Waals surface area contributed by atoms with Gasteiger partial charge in [-0.15, -0.1) is 0 Å². The second kappa shape index (κ2) is 5.35. The average Bonchev–Trinajstić information content (AvgIpc) is 2.98. The fourth-order valence-electron chi connectivity index (χ4n) is 5.71. The van der Waals surface area contributed by atoms with E-state index in [4.69, 9.17) is 0 Å². The Morgan fingerprint density at radius 3 is 3.04 bits per heavy atom. The van der Waals surface area contributed by atoms with Gasteiger partial charge < -0.3 is 10.1 Å². The van der Waals surface area contributed by atoms with Crippen LogP contribution in [0.25, 0.3) is 10.9 Å². The minimum Gasteiger partial charge on any atom is -0.396 e. The zero-order valence-electron chi connectivity index (χ0n) is 13.7. The predicted molar refractivity (Wildman–Crippen MR) is 92.3 cm³/mol. The summed E-state index contributed by atoms with van der Waals surface area (Å²) in [6, 6.07) is 9.30. The summed E-state index contributed by atoms with van der Waals surface area (Å²) in [5.74, 6) is 2.06. The molecule has 3 heteroatoms. The largest absolute Gasteiger partial charge is 0.396 e. The summed E-state index contributed by atoms with van der Waals surface area (Å²) in [5, 5.41) is 11.2. The molecule has 4 atom stereocenters. The van der Waals surface area contributed by atoms with Crippen LogP contribution in [0, 0.1) is 17.8 Å². The summed E-state index contributed by atoms with van der Waals surface area (Å²) >= 11 is 0. The molecule has 3 aliphatic rings. The third kappa shape index (κ3) is 2.10. The van der Waals surface area contributed by atoms with Crippen molar-refractivity contribution in [3.05, 3.63) is 35.5 Å². The Morgan fingerprint density at radius 1 is 1.22 bits per heavy atom. The molecule has 0 bridgehead atoms. The van der Waals surface area contributed by atoms with Gasteiger partial charge in [-0.1, -0.05) is 24.6 Å². The molecule has 2 fully saturated rings. The van der Waals surface area contributed by atoms with Crippen LogP contribution in [0.1, 0.15) is 43.0 Å². The molecule has 2 aromatic rings. The van der Waals surface area contributed by atoms with E-state index in [1.54, 1.807) is 5.56 Å². The number of aliphatic hydroxyl groups is 1. The van der Waals surface area contributed by atoms with Crippen molar-refractivity contribution in [3.8, 4) is 0 Å². The number of piperidine rings is 1. The normalized spacial score (nSPS) is 34.0. The molecule has 3 heterocycles. The number of aromatic amines is 1. The van der Waals surface area contributed by atoms with Gasteiger partial charge in [-0.2, -0.15) is 0 Å². The first-order valence-corrected chi connectivity index (χ1v) is 9.29. The highest BCUT2D eigenvalue weighted by Crippen LogP contribution is 2.48. The molecule has 2 aliphatic heterocycles. The number of nitrogens with one attached hydrogen (secondary N) is 1. The Hall–Kier alpha value is -1.32. The van der Waals surface area contributed by atoms with Gasteiger partial charge in [0.15, 0.2) is 0 Å². The maximum absolute atomic E-state index is 9.81. The Labute approximate surface area is 137 Å². The molecule has 2 N–H and O–H groups in total. The van der Waals surface area contributed by atoms with Crippen LogP contribution in [-0.4, -0.2) is 34.7 Å². The number of aromatic nitrogens is 1. The average molecular weight is 310 g/mol. The maximum Gasteiger partial charge on any atom is 0.0504 e. The molecule has 0 amide bonds. The van der Waals surface area contributed by atoms with Crippen molar-refractivity contribution >= 4 is 10.9 Å². The molecule has 0 spiro atoms. The minimum atomic E-state index is 0.382. The number of hydrogen-bond acceptors (Lipinski definition) is 2. The van der Waals surface area contributed by atoms with Gasteiger partial charge in [0.1, 0.15) is 0 Å². The third-order valence-electron chi connectivity index (χ3n) is 6.83. The molecule has 23 heavy (non-hydrogen) atoms. The molecular formula is C20H26N2O.